The predicted molar refractivity (Wildman–Crippen MR) is 132 cm³/mol. The molecule has 1 aliphatic rings. The second kappa shape index (κ2) is 10.4. The lowest BCUT2D eigenvalue weighted by Gasteiger charge is -2.31. The van der Waals surface area contributed by atoms with E-state index in [0.29, 0.717) is 10.6 Å². The first-order valence-corrected chi connectivity index (χ1v) is 13.4. The van der Waals surface area contributed by atoms with E-state index in [1.807, 2.05) is 35.2 Å². The van der Waals surface area contributed by atoms with Gasteiger partial charge < -0.3 is 15.5 Å². The number of hydrogen-bond donors (Lipinski definition) is 2. The van der Waals surface area contributed by atoms with Gasteiger partial charge in [0.1, 0.15) is 11.9 Å². The fourth-order valence-corrected chi connectivity index (χ4v) is 5.58. The third-order valence-electron chi connectivity index (χ3n) is 5.55. The Bertz CT molecular complexity index is 1250. The zero-order valence-electron chi connectivity index (χ0n) is 18.2. The third kappa shape index (κ3) is 6.00. The lowest BCUT2D eigenvalue weighted by atomic mass is 10.0. The van der Waals surface area contributed by atoms with Crippen molar-refractivity contribution in [2.45, 2.75) is 12.5 Å². The summed E-state index contributed by atoms with van der Waals surface area (Å²) in [6, 6.07) is 15.8. The molecule has 0 aliphatic carbocycles. The van der Waals surface area contributed by atoms with E-state index in [2.05, 4.69) is 10.6 Å². The van der Waals surface area contributed by atoms with E-state index >= 15 is 0 Å². The molecule has 1 atom stereocenters. The van der Waals surface area contributed by atoms with Crippen LogP contribution in [0.25, 0.3) is 0 Å². The quantitative estimate of drug-likeness (QED) is 0.519. The number of carbonyl (C=O) groups excluding carboxylic acids is 2. The summed E-state index contributed by atoms with van der Waals surface area (Å²) in [4.78, 5) is 28.3. The van der Waals surface area contributed by atoms with E-state index < -0.39 is 27.6 Å². The number of thiophene rings is 1. The zero-order valence-corrected chi connectivity index (χ0v) is 19.9. The Morgan fingerprint density at radius 1 is 1.03 bits per heavy atom. The SMILES string of the molecule is O=C(N[C@H](Cc1ccccc1)C(=O)Nc1cc(F)ccc1N1CCS(=O)(=O)CC1)c1cccs1. The van der Waals surface area contributed by atoms with Crippen molar-refractivity contribution in [3.05, 3.63) is 82.3 Å². The highest BCUT2D eigenvalue weighted by molar-refractivity contribution is 7.91. The van der Waals surface area contributed by atoms with Gasteiger partial charge in [-0.15, -0.1) is 11.3 Å². The number of nitrogens with zero attached hydrogens (tertiary/aromatic N) is 1. The lowest BCUT2D eigenvalue weighted by Crippen LogP contribution is -2.45. The molecule has 2 N–H and O–H groups in total. The summed E-state index contributed by atoms with van der Waals surface area (Å²) in [5.41, 5.74) is 1.62. The Balaban J connectivity index is 1.57. The maximum Gasteiger partial charge on any atom is 0.262 e. The van der Waals surface area contributed by atoms with Crippen LogP contribution in [0, 0.1) is 5.82 Å². The van der Waals surface area contributed by atoms with Gasteiger partial charge in [-0.25, -0.2) is 12.8 Å². The molecule has 0 saturated carbocycles. The van der Waals surface area contributed by atoms with Gasteiger partial charge in [0.2, 0.25) is 5.91 Å². The average molecular weight is 502 g/mol. The van der Waals surface area contributed by atoms with Crippen molar-refractivity contribution in [1.29, 1.82) is 0 Å². The number of rotatable bonds is 7. The van der Waals surface area contributed by atoms with Gasteiger partial charge in [0.25, 0.3) is 5.91 Å². The molecule has 0 unspecified atom stereocenters. The topological polar surface area (TPSA) is 95.6 Å². The molecule has 1 saturated heterocycles. The first-order chi connectivity index (χ1) is 16.3. The van der Waals surface area contributed by atoms with Crippen molar-refractivity contribution in [3.8, 4) is 0 Å². The lowest BCUT2D eigenvalue weighted by molar-refractivity contribution is -0.118. The second-order valence-corrected chi connectivity index (χ2v) is 11.2. The van der Waals surface area contributed by atoms with Crippen LogP contribution in [0.5, 0.6) is 0 Å². The molecule has 1 fully saturated rings. The van der Waals surface area contributed by atoms with Gasteiger partial charge in [-0.1, -0.05) is 36.4 Å². The minimum absolute atomic E-state index is 0.00866. The van der Waals surface area contributed by atoms with Gasteiger partial charge in [0.05, 0.1) is 27.8 Å². The number of hydrogen-bond acceptors (Lipinski definition) is 6. The van der Waals surface area contributed by atoms with E-state index in [1.165, 1.54) is 29.5 Å². The van der Waals surface area contributed by atoms with Gasteiger partial charge in [-0.05, 0) is 35.2 Å². The molecule has 0 bridgehead atoms. The Morgan fingerprint density at radius 3 is 2.44 bits per heavy atom. The summed E-state index contributed by atoms with van der Waals surface area (Å²) in [6.07, 6.45) is 0.246. The maximum absolute atomic E-state index is 14.1. The molecular formula is C24H24FN3O4S2. The monoisotopic (exact) mass is 501 g/mol. The van der Waals surface area contributed by atoms with Crippen molar-refractivity contribution < 1.29 is 22.4 Å². The summed E-state index contributed by atoms with van der Waals surface area (Å²) < 4.78 is 37.7. The van der Waals surface area contributed by atoms with Crippen LogP contribution in [0.4, 0.5) is 15.8 Å². The van der Waals surface area contributed by atoms with Crippen LogP contribution in [0.2, 0.25) is 0 Å². The molecule has 7 nitrogen and oxygen atoms in total. The maximum atomic E-state index is 14.1. The van der Waals surface area contributed by atoms with Gasteiger partial charge in [0.15, 0.2) is 9.84 Å². The molecule has 1 aliphatic heterocycles. The largest absolute Gasteiger partial charge is 0.368 e. The van der Waals surface area contributed by atoms with Crippen LogP contribution >= 0.6 is 11.3 Å². The van der Waals surface area contributed by atoms with Crippen molar-refractivity contribution in [1.82, 2.24) is 5.32 Å². The molecule has 2 heterocycles. The smallest absolute Gasteiger partial charge is 0.262 e. The highest BCUT2D eigenvalue weighted by Crippen LogP contribution is 2.28. The van der Waals surface area contributed by atoms with Crippen molar-refractivity contribution in [2.75, 3.05) is 34.8 Å². The van der Waals surface area contributed by atoms with Gasteiger partial charge in [-0.3, -0.25) is 9.59 Å². The minimum atomic E-state index is -3.10. The number of sulfone groups is 1. The molecular weight excluding hydrogens is 477 g/mol. The summed E-state index contributed by atoms with van der Waals surface area (Å²) in [5, 5.41) is 7.32. The fraction of sp³-hybridized carbons (Fsp3) is 0.250. The normalized spacial score (nSPS) is 16.0. The van der Waals surface area contributed by atoms with Crippen molar-refractivity contribution in [3.63, 3.8) is 0 Å². The number of amides is 2. The molecule has 2 aromatic carbocycles. The first-order valence-electron chi connectivity index (χ1n) is 10.7. The highest BCUT2D eigenvalue weighted by Gasteiger charge is 2.26. The molecule has 4 rings (SSSR count). The van der Waals surface area contributed by atoms with Crippen molar-refractivity contribution in [2.24, 2.45) is 0 Å². The Morgan fingerprint density at radius 2 is 1.76 bits per heavy atom. The van der Waals surface area contributed by atoms with E-state index in [4.69, 9.17) is 0 Å². The molecule has 10 heteroatoms. The van der Waals surface area contributed by atoms with E-state index in [1.54, 1.807) is 17.5 Å². The van der Waals surface area contributed by atoms with Gasteiger partial charge >= 0.3 is 0 Å². The number of nitrogens with one attached hydrogen (secondary N) is 2. The number of halogens is 1. The standard InChI is InChI=1S/C24H24FN3O4S2/c25-18-8-9-21(28-10-13-34(31,32)14-11-28)19(16-18)26-23(29)20(15-17-5-2-1-3-6-17)27-24(30)22-7-4-12-33-22/h1-9,12,16,20H,10-11,13-15H2,(H,26,29)(H,27,30)/t20-/m1/s1. The fourth-order valence-electron chi connectivity index (χ4n) is 3.75. The molecule has 178 valence electrons. The Kier molecular flexibility index (Phi) is 7.28. The highest BCUT2D eigenvalue weighted by atomic mass is 32.2. The summed E-state index contributed by atoms with van der Waals surface area (Å²) in [5.74, 6) is -1.42. The third-order valence-corrected chi connectivity index (χ3v) is 8.03. The van der Waals surface area contributed by atoms with Crippen LogP contribution in [-0.2, 0) is 21.1 Å². The van der Waals surface area contributed by atoms with Gasteiger partial charge in [-0.2, -0.15) is 0 Å². The molecule has 1 aromatic heterocycles. The minimum Gasteiger partial charge on any atom is -0.368 e. The van der Waals surface area contributed by atoms with Crippen molar-refractivity contribution >= 4 is 44.4 Å². The number of benzene rings is 2. The Hall–Kier alpha value is -3.24. The second-order valence-electron chi connectivity index (χ2n) is 7.98. The van der Waals surface area contributed by atoms with E-state index in [9.17, 15) is 22.4 Å². The van der Waals surface area contributed by atoms with Crippen LogP contribution in [-0.4, -0.2) is 50.9 Å². The van der Waals surface area contributed by atoms with Crippen LogP contribution in [0.1, 0.15) is 15.2 Å². The predicted octanol–water partition coefficient (Wildman–Crippen LogP) is 3.10. The molecule has 0 radical (unpaired) electrons. The average Bonchev–Trinajstić information content (AvgIpc) is 3.35. The molecule has 34 heavy (non-hydrogen) atoms. The summed E-state index contributed by atoms with van der Waals surface area (Å²) >= 11 is 1.27. The summed E-state index contributed by atoms with van der Waals surface area (Å²) in [7, 11) is -3.10. The van der Waals surface area contributed by atoms with E-state index in [0.717, 1.165) is 5.56 Å². The summed E-state index contributed by atoms with van der Waals surface area (Å²) in [6.45, 7) is 0.499. The van der Waals surface area contributed by atoms with Crippen LogP contribution < -0.4 is 15.5 Å². The van der Waals surface area contributed by atoms with Gasteiger partial charge in [0, 0.05) is 19.5 Å². The molecule has 2 amide bonds. The first kappa shape index (κ1) is 23.9. The number of anilines is 2. The number of carbonyl (C=O) groups is 2. The van der Waals surface area contributed by atoms with E-state index in [-0.39, 0.29) is 42.6 Å². The van der Waals surface area contributed by atoms with Crippen LogP contribution in [0.15, 0.2) is 66.0 Å². The Labute approximate surface area is 201 Å². The van der Waals surface area contributed by atoms with Crippen LogP contribution in [0.3, 0.4) is 0 Å². The molecule has 0 spiro atoms. The zero-order chi connectivity index (χ0) is 24.1. The molecule has 3 aromatic rings.